The van der Waals surface area contributed by atoms with Gasteiger partial charge in [0, 0.05) is 6.92 Å². The minimum absolute atomic E-state index is 0.147. The molecule has 3 atom stereocenters. The van der Waals surface area contributed by atoms with Crippen LogP contribution in [0.3, 0.4) is 0 Å². The fraction of sp³-hybridized carbons (Fsp3) is 0.345. The van der Waals surface area contributed by atoms with Crippen LogP contribution in [-0.4, -0.2) is 57.8 Å². The Labute approximate surface area is 210 Å². The second-order valence-electron chi connectivity index (χ2n) is 9.05. The van der Waals surface area contributed by atoms with Crippen molar-refractivity contribution in [1.82, 2.24) is 0 Å². The van der Waals surface area contributed by atoms with Crippen LogP contribution >= 0.6 is 0 Å². The van der Waals surface area contributed by atoms with Gasteiger partial charge in [-0.1, -0.05) is 54.6 Å². The topological polar surface area (TPSA) is 72.5 Å². The second-order valence-corrected chi connectivity index (χ2v) is 9.05. The van der Waals surface area contributed by atoms with Gasteiger partial charge in [-0.2, -0.15) is 0 Å². The molecule has 3 aromatic rings. The molecule has 2 aliphatic heterocycles. The number of esters is 1. The molecule has 0 N–H and O–H groups in total. The van der Waals surface area contributed by atoms with Crippen LogP contribution in [0, 0.1) is 0 Å². The molecule has 0 saturated carbocycles. The zero-order valence-electron chi connectivity index (χ0n) is 20.6. The third kappa shape index (κ3) is 4.23. The molecule has 0 amide bonds. The lowest BCUT2D eigenvalue weighted by atomic mass is 9.79. The quantitative estimate of drug-likeness (QED) is 0.330. The van der Waals surface area contributed by atoms with Gasteiger partial charge < -0.3 is 28.4 Å². The minimum Gasteiger partial charge on any atom is -0.497 e. The average Bonchev–Trinajstić information content (AvgIpc) is 3.43. The molecule has 2 aliphatic rings. The zero-order chi connectivity index (χ0) is 25.2. The van der Waals surface area contributed by atoms with Gasteiger partial charge in [0.1, 0.15) is 23.2 Å². The highest BCUT2D eigenvalue weighted by Gasteiger charge is 2.60. The summed E-state index contributed by atoms with van der Waals surface area (Å²) in [6.45, 7) is 2.18. The number of fused-ring (bicyclic) bond motifs is 2. The average molecular weight is 491 g/mol. The van der Waals surface area contributed by atoms with Crippen molar-refractivity contribution in [3.63, 3.8) is 0 Å². The van der Waals surface area contributed by atoms with E-state index in [-0.39, 0.29) is 25.3 Å². The molecule has 3 aromatic carbocycles. The van der Waals surface area contributed by atoms with Crippen LogP contribution in [0.2, 0.25) is 0 Å². The highest BCUT2D eigenvalue weighted by molar-refractivity contribution is 5.66. The van der Waals surface area contributed by atoms with E-state index in [9.17, 15) is 4.79 Å². The van der Waals surface area contributed by atoms with E-state index in [1.165, 1.54) is 6.92 Å². The summed E-state index contributed by atoms with van der Waals surface area (Å²) in [4.78, 5) is 11.8. The number of hydrogen-bond donors (Lipinski definition) is 0. The Morgan fingerprint density at radius 1 is 0.889 bits per heavy atom. The van der Waals surface area contributed by atoms with Gasteiger partial charge in [0.15, 0.2) is 11.7 Å². The van der Waals surface area contributed by atoms with Gasteiger partial charge in [-0.15, -0.1) is 0 Å². The highest BCUT2D eigenvalue weighted by atomic mass is 16.7. The maximum Gasteiger partial charge on any atom is 0.303 e. The van der Waals surface area contributed by atoms with E-state index in [1.54, 1.807) is 14.2 Å². The molecule has 2 heterocycles. The van der Waals surface area contributed by atoms with E-state index in [0.29, 0.717) is 6.61 Å². The third-order valence-corrected chi connectivity index (χ3v) is 6.93. The Hall–Kier alpha value is -3.39. The summed E-state index contributed by atoms with van der Waals surface area (Å²) in [5, 5.41) is 0. The van der Waals surface area contributed by atoms with E-state index in [4.69, 9.17) is 28.4 Å². The van der Waals surface area contributed by atoms with Crippen molar-refractivity contribution in [2.45, 2.75) is 30.3 Å². The third-order valence-electron chi connectivity index (χ3n) is 6.93. The fourth-order valence-electron chi connectivity index (χ4n) is 5.10. The number of ether oxygens (including phenoxy) is 6. The zero-order valence-corrected chi connectivity index (χ0v) is 20.6. The summed E-state index contributed by atoms with van der Waals surface area (Å²) in [6.07, 6.45) is -0.833. The van der Waals surface area contributed by atoms with Gasteiger partial charge in [-0.05, 0) is 41.0 Å². The van der Waals surface area contributed by atoms with Gasteiger partial charge >= 0.3 is 5.97 Å². The fourth-order valence-corrected chi connectivity index (χ4v) is 5.10. The van der Waals surface area contributed by atoms with Crippen LogP contribution in [0.15, 0.2) is 78.9 Å². The predicted molar refractivity (Wildman–Crippen MR) is 132 cm³/mol. The molecular formula is C29H30O7. The molecule has 188 valence electrons. The molecule has 5 rings (SSSR count). The van der Waals surface area contributed by atoms with Crippen LogP contribution in [0.5, 0.6) is 11.5 Å². The molecule has 7 heteroatoms. The van der Waals surface area contributed by atoms with Crippen molar-refractivity contribution in [2.75, 3.05) is 34.0 Å². The summed E-state index contributed by atoms with van der Waals surface area (Å²) >= 11 is 0. The number of methoxy groups -OCH3 is 2. The van der Waals surface area contributed by atoms with Crippen molar-refractivity contribution in [3.8, 4) is 11.5 Å². The van der Waals surface area contributed by atoms with Gasteiger partial charge in [0.2, 0.25) is 0 Å². The first-order chi connectivity index (χ1) is 17.5. The number of carbonyl (C=O) groups is 1. The first-order valence-electron chi connectivity index (χ1n) is 11.9. The Morgan fingerprint density at radius 3 is 1.92 bits per heavy atom. The molecule has 1 unspecified atom stereocenters. The summed E-state index contributed by atoms with van der Waals surface area (Å²) in [5.41, 5.74) is 0.866. The van der Waals surface area contributed by atoms with Crippen molar-refractivity contribution < 1.29 is 33.2 Å². The standard InChI is InChI=1S/C29H30O7/c1-20(30)36-27-26-17-34-28(27,18-33-26)19-35-29(21-7-5-4-6-8-21,22-9-13-24(31-2)14-10-22)23-11-15-25(32-3)16-12-23/h4-16,26-27H,17-19H2,1-3H3/t26?,27-,28-/m1/s1. The van der Waals surface area contributed by atoms with Crippen molar-refractivity contribution >= 4 is 5.97 Å². The van der Waals surface area contributed by atoms with Crippen LogP contribution in [0.1, 0.15) is 23.6 Å². The lowest BCUT2D eigenvalue weighted by Crippen LogP contribution is -2.49. The molecule has 36 heavy (non-hydrogen) atoms. The predicted octanol–water partition coefficient (Wildman–Crippen LogP) is 4.11. The first-order valence-corrected chi connectivity index (χ1v) is 11.9. The van der Waals surface area contributed by atoms with Gasteiger partial charge in [-0.25, -0.2) is 0 Å². The van der Waals surface area contributed by atoms with Crippen LogP contribution in [0.25, 0.3) is 0 Å². The van der Waals surface area contributed by atoms with Crippen molar-refractivity contribution in [3.05, 3.63) is 95.6 Å². The Kier molecular flexibility index (Phi) is 6.71. The Balaban J connectivity index is 1.62. The summed E-state index contributed by atoms with van der Waals surface area (Å²) in [7, 11) is 3.28. The van der Waals surface area contributed by atoms with Gasteiger partial charge in [-0.3, -0.25) is 4.79 Å². The molecule has 2 bridgehead atoms. The number of benzene rings is 3. The molecule has 0 radical (unpaired) electrons. The van der Waals surface area contributed by atoms with Crippen molar-refractivity contribution in [1.29, 1.82) is 0 Å². The maximum absolute atomic E-state index is 11.8. The second kappa shape index (κ2) is 9.93. The Morgan fingerprint density at radius 2 is 1.44 bits per heavy atom. The first kappa shape index (κ1) is 24.3. The Bertz CT molecular complexity index is 1120. The van der Waals surface area contributed by atoms with Crippen molar-refractivity contribution in [2.24, 2.45) is 0 Å². The highest BCUT2D eigenvalue weighted by Crippen LogP contribution is 2.45. The summed E-state index contributed by atoms with van der Waals surface area (Å²) < 4.78 is 35.5. The van der Waals surface area contributed by atoms with E-state index in [2.05, 4.69) is 0 Å². The molecule has 2 fully saturated rings. The lowest BCUT2D eigenvalue weighted by molar-refractivity contribution is -0.169. The lowest BCUT2D eigenvalue weighted by Gasteiger charge is -2.39. The molecular weight excluding hydrogens is 460 g/mol. The van der Waals surface area contributed by atoms with Crippen LogP contribution in [0.4, 0.5) is 0 Å². The molecule has 2 saturated heterocycles. The summed E-state index contributed by atoms with van der Waals surface area (Å²) in [5.74, 6) is 1.12. The maximum atomic E-state index is 11.8. The van der Waals surface area contributed by atoms with E-state index in [0.717, 1.165) is 28.2 Å². The monoisotopic (exact) mass is 490 g/mol. The largest absolute Gasteiger partial charge is 0.497 e. The smallest absolute Gasteiger partial charge is 0.303 e. The van der Waals surface area contributed by atoms with Crippen LogP contribution in [-0.2, 0) is 29.3 Å². The number of rotatable bonds is 9. The van der Waals surface area contributed by atoms with Gasteiger partial charge in [0.25, 0.3) is 0 Å². The number of hydrogen-bond acceptors (Lipinski definition) is 7. The van der Waals surface area contributed by atoms with E-state index >= 15 is 0 Å². The number of carbonyl (C=O) groups excluding carboxylic acids is 1. The van der Waals surface area contributed by atoms with E-state index < -0.39 is 17.3 Å². The summed E-state index contributed by atoms with van der Waals surface area (Å²) in [6, 6.07) is 25.7. The van der Waals surface area contributed by atoms with Crippen LogP contribution < -0.4 is 9.47 Å². The SMILES string of the molecule is COc1ccc(C(OC[C@@]23COC(CO2)[C@H]3OC(C)=O)(c2ccccc2)c2ccc(OC)cc2)cc1. The molecule has 0 aromatic heterocycles. The minimum atomic E-state index is -1.00. The van der Waals surface area contributed by atoms with Gasteiger partial charge in [0.05, 0.1) is 34.0 Å². The molecule has 0 spiro atoms. The van der Waals surface area contributed by atoms with E-state index in [1.807, 2.05) is 78.9 Å². The normalized spacial score (nSPS) is 22.9. The molecule has 7 nitrogen and oxygen atoms in total. The molecule has 0 aliphatic carbocycles.